The van der Waals surface area contributed by atoms with E-state index in [9.17, 15) is 0 Å². The molecule has 3 heterocycles. The van der Waals surface area contributed by atoms with Crippen LogP contribution in [-0.2, 0) is 0 Å². The first-order valence-corrected chi connectivity index (χ1v) is 10.5. The molecule has 0 aliphatic heterocycles. The largest absolute Gasteiger partial charge is 0.401 e. The van der Waals surface area contributed by atoms with Crippen LogP contribution in [0.2, 0.25) is 0 Å². The molecule has 7 nitrogen and oxygen atoms in total. The van der Waals surface area contributed by atoms with E-state index in [2.05, 4.69) is 53.2 Å². The molecule has 0 radical (unpaired) electrons. The zero-order valence-electron chi connectivity index (χ0n) is 17.5. The van der Waals surface area contributed by atoms with Gasteiger partial charge in [0.05, 0.1) is 11.0 Å². The summed E-state index contributed by atoms with van der Waals surface area (Å²) in [5.41, 5.74) is 10.5. The van der Waals surface area contributed by atoms with Gasteiger partial charge in [0, 0.05) is 42.2 Å². The van der Waals surface area contributed by atoms with E-state index in [1.54, 1.807) is 13.3 Å². The van der Waals surface area contributed by atoms with Crippen molar-refractivity contribution in [3.05, 3.63) is 40.7 Å². The third kappa shape index (κ3) is 5.14. The topological polar surface area (TPSA) is 102 Å². The van der Waals surface area contributed by atoms with E-state index in [-0.39, 0.29) is 0 Å². The van der Waals surface area contributed by atoms with Crippen molar-refractivity contribution < 1.29 is 0 Å². The molecular formula is C21H27N7S. The maximum absolute atomic E-state index is 6.35. The summed E-state index contributed by atoms with van der Waals surface area (Å²) in [4.78, 5) is 13.4. The van der Waals surface area contributed by atoms with Gasteiger partial charge in [-0.3, -0.25) is 9.98 Å². The summed E-state index contributed by atoms with van der Waals surface area (Å²) in [6, 6.07) is 5.83. The van der Waals surface area contributed by atoms with Gasteiger partial charge in [-0.2, -0.15) is 0 Å². The van der Waals surface area contributed by atoms with Crippen LogP contribution < -0.4 is 11.1 Å². The van der Waals surface area contributed by atoms with Gasteiger partial charge in [0.15, 0.2) is 0 Å². The molecule has 152 valence electrons. The zero-order chi connectivity index (χ0) is 21.0. The number of nitrogens with two attached hydrogens (primary N) is 1. The van der Waals surface area contributed by atoms with Crippen molar-refractivity contribution in [2.24, 2.45) is 16.6 Å². The van der Waals surface area contributed by atoms with Crippen molar-refractivity contribution in [3.8, 4) is 0 Å². The van der Waals surface area contributed by atoms with Crippen molar-refractivity contribution in [2.45, 2.75) is 40.0 Å². The highest BCUT2D eigenvalue weighted by atomic mass is 32.1. The van der Waals surface area contributed by atoms with Crippen LogP contribution in [0.1, 0.15) is 50.6 Å². The Labute approximate surface area is 175 Å². The van der Waals surface area contributed by atoms with E-state index in [0.29, 0.717) is 17.7 Å². The van der Waals surface area contributed by atoms with Gasteiger partial charge in [0.25, 0.3) is 0 Å². The summed E-state index contributed by atoms with van der Waals surface area (Å²) in [5.74, 6) is 1.51. The lowest BCUT2D eigenvalue weighted by atomic mass is 10.00. The first-order chi connectivity index (χ1) is 13.9. The Bertz CT molecular complexity index is 1050. The standard InChI is InChI=1S/C21H27N7S/c1-12(2)8-16(22)15(11-23-5)14-9-18-17(24-10-14)6-7-19(25-18)26-21-28-27-20(29-21)13(3)4/h6-7,9-13H,8,22H2,1-5H3,(H,25,26,28). The number of fused-ring (bicyclic) bond motifs is 1. The Morgan fingerprint density at radius 3 is 2.66 bits per heavy atom. The number of nitrogens with one attached hydrogen (secondary N) is 1. The molecule has 0 unspecified atom stereocenters. The molecule has 3 aromatic heterocycles. The highest BCUT2D eigenvalue weighted by molar-refractivity contribution is 7.15. The van der Waals surface area contributed by atoms with Crippen molar-refractivity contribution >= 4 is 45.1 Å². The van der Waals surface area contributed by atoms with Gasteiger partial charge in [0.2, 0.25) is 5.13 Å². The van der Waals surface area contributed by atoms with E-state index >= 15 is 0 Å². The predicted molar refractivity (Wildman–Crippen MR) is 122 cm³/mol. The van der Waals surface area contributed by atoms with Gasteiger partial charge in [-0.05, 0) is 30.5 Å². The van der Waals surface area contributed by atoms with Crippen molar-refractivity contribution in [3.63, 3.8) is 0 Å². The Morgan fingerprint density at radius 2 is 2.00 bits per heavy atom. The first-order valence-electron chi connectivity index (χ1n) is 9.65. The number of hydrogen-bond acceptors (Lipinski definition) is 8. The van der Waals surface area contributed by atoms with Gasteiger partial charge in [-0.25, -0.2) is 4.98 Å². The van der Waals surface area contributed by atoms with Gasteiger partial charge >= 0.3 is 0 Å². The Balaban J connectivity index is 1.95. The summed E-state index contributed by atoms with van der Waals surface area (Å²) in [6.45, 7) is 8.48. The molecule has 29 heavy (non-hydrogen) atoms. The Kier molecular flexibility index (Phi) is 6.53. The molecule has 0 saturated heterocycles. The lowest BCUT2D eigenvalue weighted by Crippen LogP contribution is -2.07. The molecule has 0 atom stereocenters. The van der Waals surface area contributed by atoms with E-state index < -0.39 is 0 Å². The van der Waals surface area contributed by atoms with Gasteiger partial charge in [-0.1, -0.05) is 39.0 Å². The lowest BCUT2D eigenvalue weighted by molar-refractivity contribution is 0.640. The molecule has 8 heteroatoms. The monoisotopic (exact) mass is 409 g/mol. The van der Waals surface area contributed by atoms with Gasteiger partial charge in [-0.15, -0.1) is 10.2 Å². The molecule has 3 aromatic rings. The van der Waals surface area contributed by atoms with Crippen LogP contribution >= 0.6 is 11.3 Å². The Morgan fingerprint density at radius 1 is 1.21 bits per heavy atom. The molecule has 0 aliphatic rings. The second kappa shape index (κ2) is 9.09. The fourth-order valence-electron chi connectivity index (χ4n) is 2.87. The molecule has 0 saturated carbocycles. The summed E-state index contributed by atoms with van der Waals surface area (Å²) < 4.78 is 0. The van der Waals surface area contributed by atoms with E-state index in [0.717, 1.165) is 44.4 Å². The van der Waals surface area contributed by atoms with E-state index in [1.807, 2.05) is 24.4 Å². The highest BCUT2D eigenvalue weighted by Crippen LogP contribution is 2.26. The second-order valence-electron chi connectivity index (χ2n) is 7.61. The quantitative estimate of drug-likeness (QED) is 0.545. The van der Waals surface area contributed by atoms with Gasteiger partial charge < -0.3 is 11.1 Å². The molecular weight excluding hydrogens is 382 g/mol. The van der Waals surface area contributed by atoms with Crippen LogP contribution in [0.3, 0.4) is 0 Å². The SMILES string of the molecule is CN=CC(=C(N)CC(C)C)c1cnc2ccc(Nc3nnc(C(C)C)s3)nc2c1. The summed E-state index contributed by atoms with van der Waals surface area (Å²) >= 11 is 1.54. The van der Waals surface area contributed by atoms with Gasteiger partial charge in [0.1, 0.15) is 10.8 Å². The predicted octanol–water partition coefficient (Wildman–Crippen LogP) is 4.76. The lowest BCUT2D eigenvalue weighted by Gasteiger charge is -2.11. The highest BCUT2D eigenvalue weighted by Gasteiger charge is 2.11. The minimum atomic E-state index is 0.348. The van der Waals surface area contributed by atoms with Crippen LogP contribution in [0.15, 0.2) is 35.1 Å². The number of pyridine rings is 2. The third-order valence-electron chi connectivity index (χ3n) is 4.25. The molecule has 0 spiro atoms. The minimum absolute atomic E-state index is 0.348. The first kappa shape index (κ1) is 20.9. The minimum Gasteiger partial charge on any atom is -0.401 e. The van der Waals surface area contributed by atoms with Crippen molar-refractivity contribution in [1.82, 2.24) is 20.2 Å². The number of rotatable bonds is 7. The van der Waals surface area contributed by atoms with Crippen LogP contribution in [0.5, 0.6) is 0 Å². The Hall–Kier alpha value is -2.87. The normalized spacial score (nSPS) is 12.9. The van der Waals surface area contributed by atoms with Crippen LogP contribution in [-0.4, -0.2) is 33.4 Å². The van der Waals surface area contributed by atoms with Crippen LogP contribution in [0.25, 0.3) is 16.6 Å². The number of allylic oxidation sites excluding steroid dienone is 2. The fraction of sp³-hybridized carbons (Fsp3) is 0.381. The number of nitrogens with zero attached hydrogens (tertiary/aromatic N) is 5. The maximum Gasteiger partial charge on any atom is 0.211 e. The number of hydrogen-bond donors (Lipinski definition) is 2. The molecule has 0 fully saturated rings. The maximum atomic E-state index is 6.35. The molecule has 3 N–H and O–H groups in total. The van der Waals surface area contributed by atoms with E-state index in [1.165, 1.54) is 11.3 Å². The average Bonchev–Trinajstić information content (AvgIpc) is 3.13. The second-order valence-corrected chi connectivity index (χ2v) is 8.62. The number of aliphatic imine (C=N–C) groups is 1. The third-order valence-corrected chi connectivity index (χ3v) is 5.39. The molecule has 0 aromatic carbocycles. The summed E-state index contributed by atoms with van der Waals surface area (Å²) in [6.07, 6.45) is 4.40. The average molecular weight is 410 g/mol. The molecule has 0 aliphatic carbocycles. The van der Waals surface area contributed by atoms with E-state index in [4.69, 9.17) is 10.7 Å². The molecule has 0 bridgehead atoms. The van der Waals surface area contributed by atoms with Crippen LogP contribution in [0.4, 0.5) is 10.9 Å². The number of aromatic nitrogens is 4. The molecule has 0 amide bonds. The summed E-state index contributed by atoms with van der Waals surface area (Å²) in [5, 5.41) is 13.4. The fourth-order valence-corrected chi connectivity index (χ4v) is 3.63. The summed E-state index contributed by atoms with van der Waals surface area (Å²) in [7, 11) is 1.74. The van der Waals surface area contributed by atoms with Crippen molar-refractivity contribution in [1.29, 1.82) is 0 Å². The zero-order valence-corrected chi connectivity index (χ0v) is 18.3. The number of anilines is 2. The molecule has 3 rings (SSSR count). The van der Waals surface area contributed by atoms with Crippen LogP contribution in [0, 0.1) is 5.92 Å². The smallest absolute Gasteiger partial charge is 0.211 e. The van der Waals surface area contributed by atoms with Crippen molar-refractivity contribution in [2.75, 3.05) is 12.4 Å².